The molecule has 0 amide bonds. The molecule has 1 aliphatic heterocycles. The number of hydrogen-bond donors (Lipinski definition) is 0. The Hall–Kier alpha value is -1.98. The van der Waals surface area contributed by atoms with Gasteiger partial charge < -0.3 is 0 Å². The topological polar surface area (TPSA) is 38.1 Å². The zero-order valence-corrected chi connectivity index (χ0v) is 14.2. The SMILES string of the molecule is Cc1cc(C)c2c(=O)n(CN3CCc4ccccc4C3)sc2n1. The molecule has 0 N–H and O–H groups in total. The van der Waals surface area contributed by atoms with E-state index < -0.39 is 0 Å². The Morgan fingerprint density at radius 3 is 2.83 bits per heavy atom. The fraction of sp³-hybridized carbons (Fsp3) is 0.333. The molecule has 0 aliphatic carbocycles. The van der Waals surface area contributed by atoms with Crippen LogP contribution in [0.1, 0.15) is 22.4 Å². The maximum absolute atomic E-state index is 12.7. The van der Waals surface area contributed by atoms with Gasteiger partial charge in [0.25, 0.3) is 5.56 Å². The number of hydrogen-bond acceptors (Lipinski definition) is 4. The first-order valence-electron chi connectivity index (χ1n) is 7.89. The van der Waals surface area contributed by atoms with Gasteiger partial charge in [0.2, 0.25) is 0 Å². The third-order valence-corrected chi connectivity index (χ3v) is 5.46. The molecule has 0 saturated heterocycles. The molecule has 4 nitrogen and oxygen atoms in total. The smallest absolute Gasteiger partial charge is 0.271 e. The fourth-order valence-corrected chi connectivity index (χ4v) is 4.48. The van der Waals surface area contributed by atoms with E-state index in [1.807, 2.05) is 23.9 Å². The lowest BCUT2D eigenvalue weighted by atomic mass is 10.0. The third kappa shape index (κ3) is 2.60. The molecule has 4 rings (SSSR count). The summed E-state index contributed by atoms with van der Waals surface area (Å²) in [7, 11) is 0. The molecular formula is C18H19N3OS. The summed E-state index contributed by atoms with van der Waals surface area (Å²) in [6, 6.07) is 10.6. The van der Waals surface area contributed by atoms with E-state index in [2.05, 4.69) is 34.1 Å². The molecule has 2 aromatic heterocycles. The van der Waals surface area contributed by atoms with Crippen molar-refractivity contribution < 1.29 is 0 Å². The first-order valence-corrected chi connectivity index (χ1v) is 8.66. The first kappa shape index (κ1) is 14.6. The maximum atomic E-state index is 12.7. The van der Waals surface area contributed by atoms with E-state index in [4.69, 9.17) is 0 Å². The average molecular weight is 325 g/mol. The highest BCUT2D eigenvalue weighted by molar-refractivity contribution is 7.13. The van der Waals surface area contributed by atoms with Gasteiger partial charge in [0.1, 0.15) is 4.83 Å². The van der Waals surface area contributed by atoms with Crippen molar-refractivity contribution in [1.82, 2.24) is 13.8 Å². The number of benzene rings is 1. The monoisotopic (exact) mass is 325 g/mol. The molecule has 3 aromatic rings. The van der Waals surface area contributed by atoms with Gasteiger partial charge in [0.05, 0.1) is 12.1 Å². The largest absolute Gasteiger partial charge is 0.280 e. The highest BCUT2D eigenvalue weighted by Crippen LogP contribution is 2.22. The van der Waals surface area contributed by atoms with E-state index in [1.54, 1.807) is 0 Å². The molecule has 1 aromatic carbocycles. The molecule has 118 valence electrons. The lowest BCUT2D eigenvalue weighted by Gasteiger charge is -2.28. The number of aryl methyl sites for hydroxylation is 2. The van der Waals surface area contributed by atoms with Gasteiger partial charge >= 0.3 is 0 Å². The van der Waals surface area contributed by atoms with Crippen LogP contribution in [-0.4, -0.2) is 20.4 Å². The van der Waals surface area contributed by atoms with E-state index in [0.29, 0.717) is 6.67 Å². The summed E-state index contributed by atoms with van der Waals surface area (Å²) in [4.78, 5) is 20.4. The van der Waals surface area contributed by atoms with Gasteiger partial charge in [-0.25, -0.2) is 8.94 Å². The van der Waals surface area contributed by atoms with Crippen molar-refractivity contribution in [2.45, 2.75) is 33.5 Å². The van der Waals surface area contributed by atoms with Crippen LogP contribution in [0.2, 0.25) is 0 Å². The summed E-state index contributed by atoms with van der Waals surface area (Å²) in [5, 5.41) is 0.776. The third-order valence-electron chi connectivity index (χ3n) is 4.49. The molecule has 0 bridgehead atoms. The van der Waals surface area contributed by atoms with Crippen LogP contribution < -0.4 is 5.56 Å². The summed E-state index contributed by atoms with van der Waals surface area (Å²) in [6.45, 7) is 6.51. The quantitative estimate of drug-likeness (QED) is 0.727. The lowest BCUT2D eigenvalue weighted by molar-refractivity contribution is 0.206. The van der Waals surface area contributed by atoms with Crippen molar-refractivity contribution in [2.24, 2.45) is 0 Å². The Morgan fingerprint density at radius 1 is 1.22 bits per heavy atom. The minimum atomic E-state index is 0.0915. The van der Waals surface area contributed by atoms with Gasteiger partial charge in [-0.05, 0) is 54.6 Å². The Labute approximate surface area is 139 Å². The van der Waals surface area contributed by atoms with Crippen LogP contribution in [0.5, 0.6) is 0 Å². The Bertz CT molecular complexity index is 941. The molecule has 3 heterocycles. The van der Waals surface area contributed by atoms with Gasteiger partial charge in [0, 0.05) is 18.8 Å². The van der Waals surface area contributed by atoms with Crippen LogP contribution in [-0.2, 0) is 19.6 Å². The van der Waals surface area contributed by atoms with E-state index in [9.17, 15) is 4.79 Å². The highest BCUT2D eigenvalue weighted by atomic mass is 32.1. The normalized spacial score (nSPS) is 15.0. The average Bonchev–Trinajstić information content (AvgIpc) is 2.83. The van der Waals surface area contributed by atoms with Gasteiger partial charge in [0.15, 0.2) is 0 Å². The van der Waals surface area contributed by atoms with Crippen molar-refractivity contribution in [3.63, 3.8) is 0 Å². The second-order valence-electron chi connectivity index (χ2n) is 6.25. The predicted molar refractivity (Wildman–Crippen MR) is 93.9 cm³/mol. The molecule has 0 saturated carbocycles. The molecule has 0 atom stereocenters. The highest BCUT2D eigenvalue weighted by Gasteiger charge is 2.18. The van der Waals surface area contributed by atoms with Crippen molar-refractivity contribution in [3.05, 3.63) is 63.1 Å². The summed E-state index contributed by atoms with van der Waals surface area (Å²) >= 11 is 1.48. The summed E-state index contributed by atoms with van der Waals surface area (Å²) < 4.78 is 1.85. The standard InChI is InChI=1S/C18H19N3OS/c1-12-9-13(2)19-17-16(12)18(22)21(23-17)11-20-8-7-14-5-3-4-6-15(14)10-20/h3-6,9H,7-8,10-11H2,1-2H3. The van der Waals surface area contributed by atoms with Crippen molar-refractivity contribution >= 4 is 21.7 Å². The zero-order chi connectivity index (χ0) is 16.0. The van der Waals surface area contributed by atoms with Crippen LogP contribution in [0.3, 0.4) is 0 Å². The Balaban J connectivity index is 1.65. The maximum Gasteiger partial charge on any atom is 0.271 e. The lowest BCUT2D eigenvalue weighted by Crippen LogP contribution is -2.34. The van der Waals surface area contributed by atoms with Crippen LogP contribution in [0.4, 0.5) is 0 Å². The van der Waals surface area contributed by atoms with E-state index >= 15 is 0 Å². The van der Waals surface area contributed by atoms with Crippen molar-refractivity contribution in [1.29, 1.82) is 0 Å². The summed E-state index contributed by atoms with van der Waals surface area (Å²) in [6.07, 6.45) is 1.05. The van der Waals surface area contributed by atoms with Crippen LogP contribution >= 0.6 is 11.5 Å². The minimum Gasteiger partial charge on any atom is -0.280 e. The zero-order valence-electron chi connectivity index (χ0n) is 13.4. The Morgan fingerprint density at radius 2 is 2.00 bits per heavy atom. The summed E-state index contributed by atoms with van der Waals surface area (Å²) in [5.41, 5.74) is 4.89. The van der Waals surface area contributed by atoms with Crippen LogP contribution in [0.15, 0.2) is 35.1 Å². The molecule has 0 radical (unpaired) electrons. The van der Waals surface area contributed by atoms with Crippen LogP contribution in [0.25, 0.3) is 10.2 Å². The van der Waals surface area contributed by atoms with Gasteiger partial charge in [-0.15, -0.1) is 0 Å². The molecule has 5 heteroatoms. The van der Waals surface area contributed by atoms with Gasteiger partial charge in [-0.3, -0.25) is 9.69 Å². The van der Waals surface area contributed by atoms with Crippen molar-refractivity contribution in [2.75, 3.05) is 6.54 Å². The number of nitrogens with zero attached hydrogens (tertiary/aromatic N) is 3. The van der Waals surface area contributed by atoms with Gasteiger partial charge in [-0.2, -0.15) is 0 Å². The molecule has 23 heavy (non-hydrogen) atoms. The number of rotatable bonds is 2. The fourth-order valence-electron chi connectivity index (χ4n) is 3.35. The predicted octanol–water partition coefficient (Wildman–Crippen LogP) is 3.09. The number of pyridine rings is 1. The number of fused-ring (bicyclic) bond motifs is 2. The first-order chi connectivity index (χ1) is 11.1. The molecular weight excluding hydrogens is 306 g/mol. The Kier molecular flexibility index (Phi) is 3.54. The molecule has 0 unspecified atom stereocenters. The number of aromatic nitrogens is 2. The van der Waals surface area contributed by atoms with E-state index in [0.717, 1.165) is 41.0 Å². The molecule has 0 spiro atoms. The minimum absolute atomic E-state index is 0.0915. The second kappa shape index (κ2) is 5.58. The van der Waals surface area contributed by atoms with Gasteiger partial charge in [-0.1, -0.05) is 24.3 Å². The van der Waals surface area contributed by atoms with E-state index in [1.165, 1.54) is 22.7 Å². The molecule has 0 fully saturated rings. The van der Waals surface area contributed by atoms with Crippen LogP contribution in [0, 0.1) is 13.8 Å². The second-order valence-corrected chi connectivity index (χ2v) is 7.26. The van der Waals surface area contributed by atoms with E-state index in [-0.39, 0.29) is 5.56 Å². The molecule has 1 aliphatic rings. The summed E-state index contributed by atoms with van der Waals surface area (Å²) in [5.74, 6) is 0. The van der Waals surface area contributed by atoms with Crippen molar-refractivity contribution in [3.8, 4) is 0 Å².